The minimum atomic E-state index is -1.82. The Morgan fingerprint density at radius 1 is 0.733 bits per heavy atom. The molecule has 9 heteroatoms. The SMILES string of the molecule is CC#Cc1c(F)c2c3nsnc3c(C#C[Si](CC)(CC)CC)c(F)c2c2nsnc12. The van der Waals surface area contributed by atoms with Gasteiger partial charge in [-0.3, -0.25) is 0 Å². The van der Waals surface area contributed by atoms with Gasteiger partial charge in [0.1, 0.15) is 30.1 Å². The third-order valence-electron chi connectivity index (χ3n) is 5.79. The van der Waals surface area contributed by atoms with E-state index in [1.54, 1.807) is 6.92 Å². The van der Waals surface area contributed by atoms with Crippen LogP contribution in [-0.2, 0) is 0 Å². The summed E-state index contributed by atoms with van der Waals surface area (Å²) in [6, 6.07) is 2.98. The fraction of sp³-hybridized carbons (Fsp3) is 0.333. The van der Waals surface area contributed by atoms with Crippen LogP contribution in [0.3, 0.4) is 0 Å². The molecule has 0 aliphatic rings. The van der Waals surface area contributed by atoms with Crippen molar-refractivity contribution in [3.05, 3.63) is 22.8 Å². The molecule has 4 rings (SSSR count). The average Bonchev–Trinajstić information content (AvgIpc) is 3.43. The summed E-state index contributed by atoms with van der Waals surface area (Å²) < 4.78 is 48.3. The first-order valence-electron chi connectivity index (χ1n) is 9.68. The lowest BCUT2D eigenvalue weighted by atomic mass is 9.98. The van der Waals surface area contributed by atoms with Crippen LogP contribution in [0, 0.1) is 34.9 Å². The molecule has 0 fully saturated rings. The molecule has 0 radical (unpaired) electrons. The lowest BCUT2D eigenvalue weighted by Crippen LogP contribution is -2.29. The van der Waals surface area contributed by atoms with Crippen LogP contribution in [0.1, 0.15) is 38.8 Å². The van der Waals surface area contributed by atoms with Crippen LogP contribution in [0.2, 0.25) is 18.1 Å². The lowest BCUT2D eigenvalue weighted by Gasteiger charge is -2.20. The van der Waals surface area contributed by atoms with Crippen LogP contribution >= 0.6 is 23.5 Å². The molecule has 0 saturated carbocycles. The van der Waals surface area contributed by atoms with Gasteiger partial charge in [0.15, 0.2) is 11.6 Å². The Bertz CT molecular complexity index is 1410. The largest absolute Gasteiger partial charge is 0.205 e. The van der Waals surface area contributed by atoms with E-state index in [9.17, 15) is 0 Å². The maximum atomic E-state index is 15.9. The Morgan fingerprint density at radius 2 is 1.17 bits per heavy atom. The Labute approximate surface area is 182 Å². The van der Waals surface area contributed by atoms with Crippen molar-refractivity contribution in [1.82, 2.24) is 17.5 Å². The third-order valence-corrected chi connectivity index (χ3v) is 11.6. The summed E-state index contributed by atoms with van der Waals surface area (Å²) >= 11 is 1.82. The second kappa shape index (κ2) is 7.99. The van der Waals surface area contributed by atoms with Gasteiger partial charge in [-0.25, -0.2) is 8.78 Å². The number of aromatic nitrogens is 4. The highest BCUT2D eigenvalue weighted by Gasteiger charge is 2.28. The van der Waals surface area contributed by atoms with E-state index in [0.29, 0.717) is 11.0 Å². The minimum absolute atomic E-state index is 0.0460. The maximum absolute atomic E-state index is 15.9. The first-order valence-corrected chi connectivity index (χ1v) is 13.8. The molecule has 30 heavy (non-hydrogen) atoms. The summed E-state index contributed by atoms with van der Waals surface area (Å²) in [5.74, 6) is 7.27. The monoisotopic (exact) mass is 456 g/mol. The quantitative estimate of drug-likeness (QED) is 0.285. The first-order chi connectivity index (χ1) is 14.5. The van der Waals surface area contributed by atoms with Crippen molar-refractivity contribution in [2.45, 2.75) is 45.8 Å². The van der Waals surface area contributed by atoms with E-state index in [1.165, 1.54) is 0 Å². The van der Waals surface area contributed by atoms with Gasteiger partial charge in [0.2, 0.25) is 0 Å². The van der Waals surface area contributed by atoms with Crippen molar-refractivity contribution in [2.75, 3.05) is 0 Å². The lowest BCUT2D eigenvalue weighted by molar-refractivity contribution is 0.628. The molecule has 2 aromatic carbocycles. The maximum Gasteiger partial charge on any atom is 0.151 e. The number of rotatable bonds is 3. The van der Waals surface area contributed by atoms with E-state index in [0.717, 1.165) is 41.6 Å². The van der Waals surface area contributed by atoms with Gasteiger partial charge < -0.3 is 0 Å². The molecule has 0 spiro atoms. The van der Waals surface area contributed by atoms with Gasteiger partial charge in [-0.1, -0.05) is 32.6 Å². The second-order valence-corrected chi connectivity index (χ2v) is 13.0. The van der Waals surface area contributed by atoms with Crippen molar-refractivity contribution in [3.8, 4) is 23.3 Å². The zero-order chi connectivity index (χ0) is 21.5. The van der Waals surface area contributed by atoms with Gasteiger partial charge in [0.05, 0.1) is 45.4 Å². The van der Waals surface area contributed by atoms with E-state index < -0.39 is 19.7 Å². The Balaban J connectivity index is 2.18. The van der Waals surface area contributed by atoms with Gasteiger partial charge in [0.25, 0.3) is 0 Å². The number of halogens is 2. The summed E-state index contributed by atoms with van der Waals surface area (Å²) in [6.45, 7) is 8.03. The van der Waals surface area contributed by atoms with E-state index >= 15 is 8.78 Å². The Kier molecular flexibility index (Phi) is 5.54. The Hall–Kier alpha value is -2.46. The topological polar surface area (TPSA) is 51.6 Å². The smallest absolute Gasteiger partial charge is 0.151 e. The van der Waals surface area contributed by atoms with Crippen LogP contribution < -0.4 is 0 Å². The second-order valence-electron chi connectivity index (χ2n) is 7.02. The van der Waals surface area contributed by atoms with E-state index in [1.807, 2.05) is 0 Å². The van der Waals surface area contributed by atoms with Crippen molar-refractivity contribution in [2.24, 2.45) is 0 Å². The van der Waals surface area contributed by atoms with Crippen LogP contribution in [-0.4, -0.2) is 25.6 Å². The summed E-state index contributed by atoms with van der Waals surface area (Å²) in [7, 11) is -1.82. The van der Waals surface area contributed by atoms with Crippen molar-refractivity contribution < 1.29 is 8.78 Å². The molecule has 2 aromatic heterocycles. The summed E-state index contributed by atoms with van der Waals surface area (Å²) in [6.07, 6.45) is 0. The van der Waals surface area contributed by atoms with E-state index in [4.69, 9.17) is 0 Å². The predicted octanol–water partition coefficient (Wildman–Crippen LogP) is 5.90. The molecule has 2 heterocycles. The van der Waals surface area contributed by atoms with Crippen LogP contribution in [0.4, 0.5) is 8.78 Å². The molecule has 0 atom stereocenters. The molecule has 0 aliphatic heterocycles. The Morgan fingerprint density at radius 3 is 1.60 bits per heavy atom. The third kappa shape index (κ3) is 3.00. The fourth-order valence-corrected chi connectivity index (χ4v) is 7.26. The highest BCUT2D eigenvalue weighted by Crippen LogP contribution is 2.38. The van der Waals surface area contributed by atoms with Gasteiger partial charge in [-0.05, 0) is 25.1 Å². The predicted molar refractivity (Wildman–Crippen MR) is 122 cm³/mol. The number of fused-ring (bicyclic) bond motifs is 5. The number of hydrogen-bond donors (Lipinski definition) is 0. The molecule has 0 bridgehead atoms. The summed E-state index contributed by atoms with van der Waals surface area (Å²) in [5, 5.41) is 0.101. The first kappa shape index (κ1) is 20.8. The van der Waals surface area contributed by atoms with Gasteiger partial charge in [-0.2, -0.15) is 17.5 Å². The van der Waals surface area contributed by atoms with Crippen molar-refractivity contribution in [1.29, 1.82) is 0 Å². The van der Waals surface area contributed by atoms with Crippen LogP contribution in [0.15, 0.2) is 0 Å². The minimum Gasteiger partial charge on any atom is -0.205 e. The van der Waals surface area contributed by atoms with Crippen molar-refractivity contribution in [3.63, 3.8) is 0 Å². The zero-order valence-electron chi connectivity index (χ0n) is 17.0. The zero-order valence-corrected chi connectivity index (χ0v) is 19.6. The fourth-order valence-electron chi connectivity index (χ4n) is 3.72. The number of hydrogen-bond acceptors (Lipinski definition) is 6. The van der Waals surface area contributed by atoms with Crippen LogP contribution in [0.25, 0.3) is 32.8 Å². The molecular formula is C21H18F2N4S2Si. The molecule has 4 nitrogen and oxygen atoms in total. The van der Waals surface area contributed by atoms with Gasteiger partial charge >= 0.3 is 0 Å². The molecule has 0 amide bonds. The molecule has 0 unspecified atom stereocenters. The average molecular weight is 457 g/mol. The van der Waals surface area contributed by atoms with E-state index in [-0.39, 0.29) is 32.9 Å². The molecule has 152 valence electrons. The number of nitrogens with zero attached hydrogens (tertiary/aromatic N) is 4. The summed E-state index contributed by atoms with van der Waals surface area (Å²) in [4.78, 5) is 0. The standard InChI is InChI=1S/C21H18F2N4S2Si/c1-5-9-12-16(22)14-15(20-18(12)24-28-26-20)17(23)13(19-21(14)27-29-25-19)10-11-30(6-2,7-3)8-4/h6-8H2,1-4H3. The van der Waals surface area contributed by atoms with Crippen molar-refractivity contribution >= 4 is 64.4 Å². The highest BCUT2D eigenvalue weighted by molar-refractivity contribution is 7.00. The van der Waals surface area contributed by atoms with Gasteiger partial charge in [-0.15, -0.1) is 11.5 Å². The molecule has 0 N–H and O–H groups in total. The normalized spacial score (nSPS) is 11.5. The molecule has 0 saturated heterocycles. The highest BCUT2D eigenvalue weighted by atomic mass is 32.1. The van der Waals surface area contributed by atoms with Crippen LogP contribution in [0.5, 0.6) is 0 Å². The van der Waals surface area contributed by atoms with Gasteiger partial charge in [0, 0.05) is 0 Å². The molecular weight excluding hydrogens is 438 g/mol. The number of benzene rings is 2. The molecule has 0 aliphatic carbocycles. The summed E-state index contributed by atoms with van der Waals surface area (Å²) in [5.41, 5.74) is 4.82. The van der Waals surface area contributed by atoms with E-state index in [2.05, 4.69) is 61.6 Å². The molecule has 4 aromatic rings.